The first kappa shape index (κ1) is 22.2. The maximum atomic E-state index is 13.5. The molecule has 0 radical (unpaired) electrons. The van der Waals surface area contributed by atoms with Gasteiger partial charge in [0.15, 0.2) is 0 Å². The Morgan fingerprint density at radius 2 is 1.72 bits per heavy atom. The van der Waals surface area contributed by atoms with Crippen molar-refractivity contribution in [1.29, 1.82) is 0 Å². The van der Waals surface area contributed by atoms with Crippen LogP contribution in [0.15, 0.2) is 102 Å². The molecule has 1 atom stereocenters. The number of rotatable bonds is 7. The summed E-state index contributed by atoms with van der Waals surface area (Å²) in [4.78, 5) is 15.3. The number of hydrogen-bond donors (Lipinski definition) is 1. The number of benzene rings is 3. The van der Waals surface area contributed by atoms with Crippen molar-refractivity contribution in [2.75, 3.05) is 0 Å². The monoisotopic (exact) mass is 495 g/mol. The fourth-order valence-electron chi connectivity index (χ4n) is 4.62. The molecule has 0 saturated carbocycles. The molecule has 1 unspecified atom stereocenters. The lowest BCUT2D eigenvalue weighted by molar-refractivity contribution is 0.0717. The number of fused-ring (bicyclic) bond motifs is 1. The molecule has 3 heterocycles. The van der Waals surface area contributed by atoms with Gasteiger partial charge in [-0.25, -0.2) is 0 Å². The predicted molar refractivity (Wildman–Crippen MR) is 137 cm³/mol. The van der Waals surface area contributed by atoms with Crippen molar-refractivity contribution in [3.05, 3.63) is 130 Å². The molecule has 6 rings (SSSR count). The van der Waals surface area contributed by atoms with E-state index in [4.69, 9.17) is 20.8 Å². The number of H-pyrrole nitrogens is 1. The number of halogens is 1. The van der Waals surface area contributed by atoms with Gasteiger partial charge < -0.3 is 14.1 Å². The molecule has 36 heavy (non-hydrogen) atoms. The number of furan rings is 1. The van der Waals surface area contributed by atoms with Gasteiger partial charge in [-0.3, -0.25) is 9.89 Å². The van der Waals surface area contributed by atoms with Crippen molar-refractivity contribution in [2.24, 2.45) is 0 Å². The highest BCUT2D eigenvalue weighted by atomic mass is 35.5. The van der Waals surface area contributed by atoms with Crippen LogP contribution in [0.4, 0.5) is 0 Å². The molecular weight excluding hydrogens is 474 g/mol. The van der Waals surface area contributed by atoms with E-state index in [1.165, 1.54) is 0 Å². The molecule has 5 aromatic rings. The lowest BCUT2D eigenvalue weighted by Gasteiger charge is -2.25. The van der Waals surface area contributed by atoms with E-state index < -0.39 is 0 Å². The first-order valence-corrected chi connectivity index (χ1v) is 12.0. The first-order valence-electron chi connectivity index (χ1n) is 11.6. The van der Waals surface area contributed by atoms with Gasteiger partial charge in [-0.05, 0) is 35.9 Å². The van der Waals surface area contributed by atoms with Gasteiger partial charge in [0.05, 0.1) is 24.5 Å². The topological polar surface area (TPSA) is 71.4 Å². The lowest BCUT2D eigenvalue weighted by Crippen LogP contribution is -2.28. The maximum absolute atomic E-state index is 13.5. The smallest absolute Gasteiger partial charge is 0.273 e. The molecule has 2 aromatic heterocycles. The molecule has 178 valence electrons. The minimum Gasteiger partial charge on any atom is -0.489 e. The normalized spacial score (nSPS) is 14.8. The number of carbonyl (C=O) groups is 1. The Balaban J connectivity index is 1.34. The Hall–Kier alpha value is -4.29. The second-order valence-corrected chi connectivity index (χ2v) is 9.00. The molecule has 1 N–H and O–H groups in total. The van der Waals surface area contributed by atoms with E-state index in [2.05, 4.69) is 10.2 Å². The average molecular weight is 496 g/mol. The van der Waals surface area contributed by atoms with E-state index in [0.717, 1.165) is 33.7 Å². The summed E-state index contributed by atoms with van der Waals surface area (Å²) in [5, 5.41) is 8.19. The average Bonchev–Trinajstić information content (AvgIpc) is 3.64. The summed E-state index contributed by atoms with van der Waals surface area (Å²) in [5.41, 5.74) is 4.96. The third-order valence-electron chi connectivity index (χ3n) is 6.37. The molecule has 1 aliphatic rings. The van der Waals surface area contributed by atoms with E-state index in [1.807, 2.05) is 95.9 Å². The van der Waals surface area contributed by atoms with Crippen LogP contribution in [-0.4, -0.2) is 21.0 Å². The molecule has 1 amide bonds. The third kappa shape index (κ3) is 4.06. The van der Waals surface area contributed by atoms with E-state index >= 15 is 0 Å². The van der Waals surface area contributed by atoms with Crippen LogP contribution in [0.1, 0.15) is 39.0 Å². The summed E-state index contributed by atoms with van der Waals surface area (Å²) in [5.74, 6) is 1.32. The quantitative estimate of drug-likeness (QED) is 0.274. The minimum absolute atomic E-state index is 0.111. The number of carbonyl (C=O) groups excluding carboxylic acids is 1. The molecule has 0 spiro atoms. The second kappa shape index (κ2) is 9.40. The molecule has 0 saturated heterocycles. The van der Waals surface area contributed by atoms with E-state index in [-0.39, 0.29) is 11.9 Å². The molecule has 3 aromatic carbocycles. The summed E-state index contributed by atoms with van der Waals surface area (Å²) >= 11 is 6.26. The highest BCUT2D eigenvalue weighted by Crippen LogP contribution is 2.43. The largest absolute Gasteiger partial charge is 0.489 e. The predicted octanol–water partition coefficient (Wildman–Crippen LogP) is 6.65. The van der Waals surface area contributed by atoms with Crippen molar-refractivity contribution in [2.45, 2.75) is 19.2 Å². The van der Waals surface area contributed by atoms with Crippen LogP contribution in [0.5, 0.6) is 5.75 Å². The summed E-state index contributed by atoms with van der Waals surface area (Å²) in [6, 6.07) is 28.7. The molecule has 1 aliphatic heterocycles. The molecule has 7 heteroatoms. The van der Waals surface area contributed by atoms with Gasteiger partial charge >= 0.3 is 0 Å². The zero-order valence-electron chi connectivity index (χ0n) is 19.2. The van der Waals surface area contributed by atoms with Gasteiger partial charge in [0.2, 0.25) is 0 Å². The van der Waals surface area contributed by atoms with Gasteiger partial charge in [-0.15, -0.1) is 0 Å². The van der Waals surface area contributed by atoms with Crippen molar-refractivity contribution < 1.29 is 13.9 Å². The van der Waals surface area contributed by atoms with Crippen molar-refractivity contribution in [1.82, 2.24) is 15.1 Å². The van der Waals surface area contributed by atoms with Gasteiger partial charge in [-0.2, -0.15) is 5.10 Å². The number of aromatic amines is 1. The van der Waals surface area contributed by atoms with Gasteiger partial charge in [0, 0.05) is 21.7 Å². The van der Waals surface area contributed by atoms with E-state index in [1.54, 1.807) is 6.26 Å². The molecular formula is C29H22ClN3O3. The van der Waals surface area contributed by atoms with Gasteiger partial charge in [0.1, 0.15) is 23.8 Å². The van der Waals surface area contributed by atoms with Crippen molar-refractivity contribution >= 4 is 17.5 Å². The Morgan fingerprint density at radius 3 is 2.47 bits per heavy atom. The zero-order chi connectivity index (χ0) is 24.5. The summed E-state index contributed by atoms with van der Waals surface area (Å²) in [6.07, 6.45) is 1.62. The number of aromatic nitrogens is 2. The molecule has 0 fully saturated rings. The van der Waals surface area contributed by atoms with Crippen LogP contribution >= 0.6 is 11.6 Å². The van der Waals surface area contributed by atoms with Gasteiger partial charge in [-0.1, -0.05) is 72.3 Å². The van der Waals surface area contributed by atoms with Gasteiger partial charge in [0.25, 0.3) is 5.91 Å². The summed E-state index contributed by atoms with van der Waals surface area (Å²) in [7, 11) is 0. The molecule has 6 nitrogen and oxygen atoms in total. The standard InChI is InChI=1S/C29H22ClN3O3/c30-24-11-5-4-9-21(24)18-36-22-14-12-20(13-15-22)28-25-26(19-7-2-1-3-8-19)31-32-27(25)29(34)33(28)17-23-10-6-16-35-23/h1-16,28H,17-18H2,(H,31,32). The zero-order valence-corrected chi connectivity index (χ0v) is 20.0. The third-order valence-corrected chi connectivity index (χ3v) is 6.73. The van der Waals surface area contributed by atoms with Crippen LogP contribution in [0.3, 0.4) is 0 Å². The number of hydrogen-bond acceptors (Lipinski definition) is 4. The van der Waals surface area contributed by atoms with Crippen LogP contribution in [0.2, 0.25) is 5.02 Å². The van der Waals surface area contributed by atoms with Crippen LogP contribution in [0, 0.1) is 0 Å². The number of amides is 1. The van der Waals surface area contributed by atoms with Crippen LogP contribution in [-0.2, 0) is 13.2 Å². The number of ether oxygens (including phenoxy) is 1. The lowest BCUT2D eigenvalue weighted by atomic mass is 9.96. The van der Waals surface area contributed by atoms with Crippen molar-refractivity contribution in [3.63, 3.8) is 0 Å². The fourth-order valence-corrected chi connectivity index (χ4v) is 4.81. The molecule has 0 bridgehead atoms. The Morgan fingerprint density at radius 1 is 0.944 bits per heavy atom. The summed E-state index contributed by atoms with van der Waals surface area (Å²) in [6.45, 7) is 0.716. The Bertz CT molecular complexity index is 1490. The van der Waals surface area contributed by atoms with Crippen LogP contribution in [0.25, 0.3) is 11.3 Å². The Labute approximate surface area is 213 Å². The SMILES string of the molecule is O=C1c2[nH]nc(-c3ccccc3)c2C(c2ccc(OCc3ccccc3Cl)cc2)N1Cc1ccco1. The van der Waals surface area contributed by atoms with Crippen molar-refractivity contribution in [3.8, 4) is 17.0 Å². The molecule has 0 aliphatic carbocycles. The summed E-state index contributed by atoms with van der Waals surface area (Å²) < 4.78 is 11.5. The maximum Gasteiger partial charge on any atom is 0.273 e. The highest BCUT2D eigenvalue weighted by molar-refractivity contribution is 6.31. The fraction of sp³-hybridized carbons (Fsp3) is 0.103. The number of nitrogens with one attached hydrogen (secondary N) is 1. The first-order chi connectivity index (χ1) is 17.7. The van der Waals surface area contributed by atoms with Crippen LogP contribution < -0.4 is 4.74 Å². The highest BCUT2D eigenvalue weighted by Gasteiger charge is 2.42. The van der Waals surface area contributed by atoms with E-state index in [0.29, 0.717) is 29.6 Å². The second-order valence-electron chi connectivity index (χ2n) is 8.59. The Kier molecular flexibility index (Phi) is 5.79. The number of nitrogens with zero attached hydrogens (tertiary/aromatic N) is 2. The van der Waals surface area contributed by atoms with E-state index in [9.17, 15) is 4.79 Å². The minimum atomic E-state index is -0.329.